The number of ether oxygens (including phenoxy) is 1. The molecule has 6 nitrogen and oxygen atoms in total. The average molecular weight is 396 g/mol. The summed E-state index contributed by atoms with van der Waals surface area (Å²) in [6.45, 7) is 2.15. The Hall–Kier alpha value is -3.38. The van der Waals surface area contributed by atoms with Crippen LogP contribution in [0.15, 0.2) is 66.7 Å². The highest BCUT2D eigenvalue weighted by molar-refractivity contribution is 6.30. The molecule has 0 bridgehead atoms. The van der Waals surface area contributed by atoms with Gasteiger partial charge in [0.15, 0.2) is 0 Å². The number of hydrazine groups is 1. The number of hydrogen-bond acceptors (Lipinski definition) is 4. The topological polar surface area (TPSA) is 80.3 Å². The van der Waals surface area contributed by atoms with E-state index < -0.39 is 11.8 Å². The lowest BCUT2D eigenvalue weighted by Gasteiger charge is -2.09. The maximum absolute atomic E-state index is 12.2. The predicted molar refractivity (Wildman–Crippen MR) is 106 cm³/mol. The number of halogens is 1. The third kappa shape index (κ3) is 5.31. The minimum Gasteiger partial charge on any atom is -0.489 e. The molecule has 0 fully saturated rings. The van der Waals surface area contributed by atoms with Crippen LogP contribution in [0.1, 0.15) is 32.1 Å². The second-order valence-electron chi connectivity index (χ2n) is 6.01. The zero-order valence-corrected chi connectivity index (χ0v) is 15.9. The van der Waals surface area contributed by atoms with E-state index in [1.54, 1.807) is 73.7 Å². The van der Waals surface area contributed by atoms with Crippen LogP contribution in [0.2, 0.25) is 5.02 Å². The Morgan fingerprint density at radius 1 is 0.929 bits per heavy atom. The van der Waals surface area contributed by atoms with Gasteiger partial charge in [0, 0.05) is 16.3 Å². The van der Waals surface area contributed by atoms with E-state index in [9.17, 15) is 9.59 Å². The van der Waals surface area contributed by atoms with Gasteiger partial charge in [0.1, 0.15) is 18.1 Å². The fraction of sp³-hybridized carbons (Fsp3) is 0.0952. The standard InChI is InChI=1S/C21H18ClN3O3/c1-14-3-2-4-19(23-14)21(27)25-24-20(26)16-7-5-15(6-8-16)13-28-18-11-9-17(22)10-12-18/h2-12H,13H2,1H3,(H,24,26)(H,25,27). The van der Waals surface area contributed by atoms with Crippen LogP contribution in [0.5, 0.6) is 5.75 Å². The first-order valence-electron chi connectivity index (χ1n) is 8.53. The quantitative estimate of drug-likeness (QED) is 0.645. The van der Waals surface area contributed by atoms with Crippen molar-refractivity contribution in [2.24, 2.45) is 0 Å². The first-order valence-corrected chi connectivity index (χ1v) is 8.91. The highest BCUT2D eigenvalue weighted by Crippen LogP contribution is 2.17. The van der Waals surface area contributed by atoms with Gasteiger partial charge < -0.3 is 4.74 Å². The predicted octanol–water partition coefficient (Wildman–Crippen LogP) is 3.70. The molecule has 142 valence electrons. The number of nitrogens with one attached hydrogen (secondary N) is 2. The van der Waals surface area contributed by atoms with Crippen molar-refractivity contribution < 1.29 is 14.3 Å². The molecule has 0 radical (unpaired) electrons. The van der Waals surface area contributed by atoms with Crippen LogP contribution < -0.4 is 15.6 Å². The van der Waals surface area contributed by atoms with Crippen LogP contribution in [0.4, 0.5) is 0 Å². The maximum Gasteiger partial charge on any atom is 0.288 e. The van der Waals surface area contributed by atoms with E-state index in [2.05, 4.69) is 15.8 Å². The molecular weight excluding hydrogens is 378 g/mol. The fourth-order valence-electron chi connectivity index (χ4n) is 2.37. The van der Waals surface area contributed by atoms with Crippen LogP contribution in [0, 0.1) is 6.92 Å². The lowest BCUT2D eigenvalue weighted by atomic mass is 10.1. The van der Waals surface area contributed by atoms with Crippen molar-refractivity contribution in [2.45, 2.75) is 13.5 Å². The molecule has 2 aromatic carbocycles. The van der Waals surface area contributed by atoms with E-state index in [1.807, 2.05) is 0 Å². The lowest BCUT2D eigenvalue weighted by Crippen LogP contribution is -2.42. The Morgan fingerprint density at radius 2 is 1.61 bits per heavy atom. The number of aromatic nitrogens is 1. The molecular formula is C21H18ClN3O3. The molecule has 0 atom stereocenters. The molecule has 0 saturated heterocycles. The van der Waals surface area contributed by atoms with Crippen molar-refractivity contribution in [1.82, 2.24) is 15.8 Å². The van der Waals surface area contributed by atoms with E-state index in [-0.39, 0.29) is 5.69 Å². The molecule has 0 aliphatic heterocycles. The summed E-state index contributed by atoms with van der Waals surface area (Å²) < 4.78 is 5.66. The number of hydrogen-bond donors (Lipinski definition) is 2. The van der Waals surface area contributed by atoms with E-state index in [0.717, 1.165) is 11.3 Å². The van der Waals surface area contributed by atoms with Gasteiger partial charge in [-0.05, 0) is 61.0 Å². The molecule has 3 aromatic rings. The number of benzene rings is 2. The minimum atomic E-state index is -0.481. The number of carbonyl (C=O) groups excluding carboxylic acids is 2. The lowest BCUT2D eigenvalue weighted by molar-refractivity contribution is 0.0844. The summed E-state index contributed by atoms with van der Waals surface area (Å²) in [5, 5.41) is 0.646. The van der Waals surface area contributed by atoms with Gasteiger partial charge in [-0.25, -0.2) is 4.98 Å². The molecule has 0 unspecified atom stereocenters. The van der Waals surface area contributed by atoms with Crippen molar-refractivity contribution in [3.63, 3.8) is 0 Å². The van der Waals surface area contributed by atoms with Crippen molar-refractivity contribution in [3.05, 3.63) is 94.3 Å². The number of nitrogens with zero attached hydrogens (tertiary/aromatic N) is 1. The van der Waals surface area contributed by atoms with E-state index in [1.165, 1.54) is 0 Å². The second-order valence-corrected chi connectivity index (χ2v) is 6.45. The summed E-state index contributed by atoms with van der Waals surface area (Å²) >= 11 is 5.84. The van der Waals surface area contributed by atoms with Crippen molar-refractivity contribution in [2.75, 3.05) is 0 Å². The third-order valence-electron chi connectivity index (χ3n) is 3.85. The monoisotopic (exact) mass is 395 g/mol. The Morgan fingerprint density at radius 3 is 2.29 bits per heavy atom. The second kappa shape index (κ2) is 9.01. The Bertz CT molecular complexity index is 973. The number of aryl methyl sites for hydroxylation is 1. The average Bonchev–Trinajstić information content (AvgIpc) is 2.71. The van der Waals surface area contributed by atoms with Crippen molar-refractivity contribution >= 4 is 23.4 Å². The van der Waals surface area contributed by atoms with Crippen molar-refractivity contribution in [1.29, 1.82) is 0 Å². The first kappa shape index (κ1) is 19.4. The Kier molecular flexibility index (Phi) is 6.24. The van der Waals surface area contributed by atoms with Gasteiger partial charge >= 0.3 is 0 Å². The van der Waals surface area contributed by atoms with Crippen molar-refractivity contribution in [3.8, 4) is 5.75 Å². The van der Waals surface area contributed by atoms with Gasteiger partial charge in [0.05, 0.1) is 0 Å². The summed E-state index contributed by atoms with van der Waals surface area (Å²) in [6.07, 6.45) is 0. The summed E-state index contributed by atoms with van der Waals surface area (Å²) in [7, 11) is 0. The number of amides is 2. The van der Waals surface area contributed by atoms with Crippen LogP contribution in [-0.4, -0.2) is 16.8 Å². The summed E-state index contributed by atoms with van der Waals surface area (Å²) in [4.78, 5) is 28.3. The molecule has 0 aliphatic carbocycles. The molecule has 0 spiro atoms. The van der Waals surface area contributed by atoms with Gasteiger partial charge in [-0.1, -0.05) is 29.8 Å². The Balaban J connectivity index is 1.51. The summed E-state index contributed by atoms with van der Waals surface area (Å²) in [6, 6.07) is 19.1. The van der Waals surface area contributed by atoms with Gasteiger partial charge in [-0.2, -0.15) is 0 Å². The van der Waals surface area contributed by atoms with Crippen LogP contribution in [0.25, 0.3) is 0 Å². The molecule has 2 N–H and O–H groups in total. The van der Waals surface area contributed by atoms with E-state index in [4.69, 9.17) is 16.3 Å². The van der Waals surface area contributed by atoms with E-state index >= 15 is 0 Å². The van der Waals surface area contributed by atoms with Crippen LogP contribution in [0.3, 0.4) is 0 Å². The zero-order chi connectivity index (χ0) is 19.9. The molecule has 0 saturated carbocycles. The normalized spacial score (nSPS) is 10.2. The molecule has 1 aromatic heterocycles. The molecule has 2 amide bonds. The summed E-state index contributed by atoms with van der Waals surface area (Å²) in [5.74, 6) is -0.199. The highest BCUT2D eigenvalue weighted by atomic mass is 35.5. The molecule has 0 aliphatic rings. The fourth-order valence-corrected chi connectivity index (χ4v) is 2.50. The largest absolute Gasteiger partial charge is 0.489 e. The van der Waals surface area contributed by atoms with Gasteiger partial charge in [0.2, 0.25) is 0 Å². The smallest absolute Gasteiger partial charge is 0.288 e. The SMILES string of the molecule is Cc1cccc(C(=O)NNC(=O)c2ccc(COc3ccc(Cl)cc3)cc2)n1. The van der Waals surface area contributed by atoms with Gasteiger partial charge in [-0.3, -0.25) is 20.4 Å². The summed E-state index contributed by atoms with van der Waals surface area (Å²) in [5.41, 5.74) is 6.99. The number of carbonyl (C=O) groups is 2. The molecule has 28 heavy (non-hydrogen) atoms. The Labute approximate surface area is 167 Å². The van der Waals surface area contributed by atoms with Gasteiger partial charge in [0.25, 0.3) is 11.8 Å². The maximum atomic E-state index is 12.2. The number of rotatable bonds is 5. The number of pyridine rings is 1. The van der Waals surface area contributed by atoms with Gasteiger partial charge in [-0.15, -0.1) is 0 Å². The van der Waals surface area contributed by atoms with E-state index in [0.29, 0.717) is 22.9 Å². The minimum absolute atomic E-state index is 0.231. The first-order chi connectivity index (χ1) is 13.5. The molecule has 1 heterocycles. The highest BCUT2D eigenvalue weighted by Gasteiger charge is 2.10. The van der Waals surface area contributed by atoms with Crippen LogP contribution in [-0.2, 0) is 6.61 Å². The zero-order valence-electron chi connectivity index (χ0n) is 15.1. The van der Waals surface area contributed by atoms with Crippen LogP contribution >= 0.6 is 11.6 Å². The third-order valence-corrected chi connectivity index (χ3v) is 4.10. The molecule has 7 heteroatoms. The molecule has 3 rings (SSSR count).